The minimum absolute atomic E-state index is 0.00204. The zero-order valence-corrected chi connectivity index (χ0v) is 25.2. The van der Waals surface area contributed by atoms with E-state index in [9.17, 15) is 28.3 Å². The molecule has 1 amide bonds. The third kappa shape index (κ3) is 6.01. The number of thiazole rings is 1. The van der Waals surface area contributed by atoms with Crippen LogP contribution >= 0.6 is 22.9 Å². The van der Waals surface area contributed by atoms with Crippen LogP contribution in [0.5, 0.6) is 0 Å². The normalized spacial score (nSPS) is 22.7. The van der Waals surface area contributed by atoms with Gasteiger partial charge in [0.05, 0.1) is 35.3 Å². The Labute approximate surface area is 255 Å². The van der Waals surface area contributed by atoms with E-state index in [1.165, 1.54) is 22.3 Å². The van der Waals surface area contributed by atoms with Gasteiger partial charge >= 0.3 is 11.9 Å². The highest BCUT2D eigenvalue weighted by atomic mass is 35.5. The molecular weight excluding hydrogens is 608 g/mol. The molecule has 3 atom stereocenters. The Balaban J connectivity index is 1.55. The van der Waals surface area contributed by atoms with Crippen molar-refractivity contribution >= 4 is 46.6 Å². The summed E-state index contributed by atoms with van der Waals surface area (Å²) in [7, 11) is 0. The van der Waals surface area contributed by atoms with Crippen molar-refractivity contribution in [3.05, 3.63) is 62.2 Å². The van der Waals surface area contributed by atoms with E-state index in [2.05, 4.69) is 15.3 Å². The minimum Gasteiger partial charge on any atom is -0.481 e. The number of likely N-dealkylation sites (tertiary alicyclic amines) is 1. The number of amides is 1. The number of carbonyl (C=O) groups excluding carboxylic acids is 2. The Morgan fingerprint density at radius 2 is 2.09 bits per heavy atom. The van der Waals surface area contributed by atoms with Gasteiger partial charge < -0.3 is 24.8 Å². The Morgan fingerprint density at radius 3 is 2.77 bits per heavy atom. The van der Waals surface area contributed by atoms with Crippen molar-refractivity contribution in [2.75, 3.05) is 39.4 Å². The Morgan fingerprint density at radius 1 is 1.33 bits per heavy atom. The molecule has 5 rings (SSSR count). The minimum atomic E-state index is -1.27. The summed E-state index contributed by atoms with van der Waals surface area (Å²) in [5.74, 6) is -4.21. The molecule has 4 heterocycles. The number of rotatable bonds is 9. The first-order chi connectivity index (χ1) is 20.4. The number of hydrogen-bond acceptors (Lipinski definition) is 10. The van der Waals surface area contributed by atoms with Crippen molar-refractivity contribution < 1.29 is 37.7 Å². The number of carboxylic acids is 1. The fourth-order valence-electron chi connectivity index (χ4n) is 5.41. The van der Waals surface area contributed by atoms with E-state index in [1.807, 2.05) is 4.90 Å². The van der Waals surface area contributed by atoms with Gasteiger partial charge in [-0.3, -0.25) is 19.5 Å². The lowest BCUT2D eigenvalue weighted by molar-refractivity contribution is -0.149. The highest BCUT2D eigenvalue weighted by Gasteiger charge is 2.49. The number of amidine groups is 1. The van der Waals surface area contributed by atoms with Crippen molar-refractivity contribution in [1.29, 1.82) is 0 Å². The van der Waals surface area contributed by atoms with Crippen LogP contribution in [0.1, 0.15) is 37.4 Å². The molecule has 0 bridgehead atoms. The van der Waals surface area contributed by atoms with Crippen molar-refractivity contribution in [3.63, 3.8) is 0 Å². The number of hydrogen-bond donors (Lipinski definition) is 2. The quantitative estimate of drug-likeness (QED) is 0.314. The second-order valence-electron chi connectivity index (χ2n) is 11.0. The van der Waals surface area contributed by atoms with Gasteiger partial charge in [-0.25, -0.2) is 18.6 Å². The van der Waals surface area contributed by atoms with Gasteiger partial charge in [0.1, 0.15) is 12.1 Å². The van der Waals surface area contributed by atoms with E-state index < -0.39 is 52.2 Å². The maximum atomic E-state index is 14.6. The number of aliphatic imine (C=N–C) groups is 1. The molecule has 0 spiro atoms. The number of nitrogens with zero attached hydrogens (tertiary/aromatic N) is 4. The maximum absolute atomic E-state index is 14.6. The zero-order chi connectivity index (χ0) is 31.1. The lowest BCUT2D eigenvalue weighted by Crippen LogP contribution is -2.54. The van der Waals surface area contributed by atoms with Gasteiger partial charge in [-0.2, -0.15) is 0 Å². The Kier molecular flexibility index (Phi) is 8.84. The Hall–Kier alpha value is -3.46. The van der Waals surface area contributed by atoms with Crippen LogP contribution in [-0.2, 0) is 23.9 Å². The summed E-state index contributed by atoms with van der Waals surface area (Å²) < 4.78 is 39.9. The van der Waals surface area contributed by atoms with Crippen molar-refractivity contribution in [3.8, 4) is 0 Å². The number of nitrogens with one attached hydrogen (secondary N) is 1. The molecule has 1 aromatic heterocycles. The molecule has 3 unspecified atom stereocenters. The van der Waals surface area contributed by atoms with Crippen LogP contribution in [0.15, 0.2) is 40.0 Å². The Bertz CT molecular complexity index is 1500. The predicted octanol–water partition coefficient (Wildman–Crippen LogP) is 3.01. The van der Waals surface area contributed by atoms with E-state index in [4.69, 9.17) is 21.1 Å². The zero-order valence-electron chi connectivity index (χ0n) is 23.6. The maximum Gasteiger partial charge on any atom is 0.338 e. The summed E-state index contributed by atoms with van der Waals surface area (Å²) in [6, 6.07) is 0.254. The molecule has 0 aliphatic carbocycles. The lowest BCUT2D eigenvalue weighted by atomic mass is 9.93. The summed E-state index contributed by atoms with van der Waals surface area (Å²) in [5.41, 5.74) is -0.778. The van der Waals surface area contributed by atoms with Crippen molar-refractivity contribution in [2.24, 2.45) is 10.4 Å². The number of carbonyl (C=O) groups is 3. The third-order valence-corrected chi connectivity index (χ3v) is 8.73. The summed E-state index contributed by atoms with van der Waals surface area (Å²) >= 11 is 7.54. The molecule has 43 heavy (non-hydrogen) atoms. The van der Waals surface area contributed by atoms with E-state index in [0.29, 0.717) is 23.9 Å². The molecule has 2 aromatic rings. The van der Waals surface area contributed by atoms with Crippen LogP contribution in [0.4, 0.5) is 8.78 Å². The summed E-state index contributed by atoms with van der Waals surface area (Å²) in [6.45, 7) is 5.63. The fraction of sp³-hybridized carbons (Fsp3) is 0.464. The number of carboxylic acid groups (broad SMARTS) is 1. The van der Waals surface area contributed by atoms with Crippen LogP contribution < -0.4 is 5.32 Å². The van der Waals surface area contributed by atoms with Gasteiger partial charge in [0, 0.05) is 49.0 Å². The number of ether oxygens (including phenoxy) is 2. The first-order valence-corrected chi connectivity index (χ1v) is 14.8. The molecule has 15 heteroatoms. The van der Waals surface area contributed by atoms with Crippen LogP contribution in [0.2, 0.25) is 5.02 Å². The standard InChI is InChI=1S/C28H30ClF2N5O6S/c1-4-41-26(38)18-16(11-35-8-9-42-17-12-36(25(37)22(17)35)13-28(2,3)27(39)40)33-23(24-32-7-10-43-24)34-21(18)14-5-6-15(30)20(31)19(14)29/h5-7,10,17,21-22H,4,8-9,11-13H2,1-3H3,(H,33,34)(H,39,40). The number of fused-ring (bicyclic) bond motifs is 1. The van der Waals surface area contributed by atoms with Crippen molar-refractivity contribution in [1.82, 2.24) is 20.1 Å². The second-order valence-corrected chi connectivity index (χ2v) is 12.2. The first kappa shape index (κ1) is 31.0. The number of halogens is 3. The molecule has 1 aromatic carbocycles. The molecular formula is C28H30ClF2N5O6S. The van der Waals surface area contributed by atoms with Gasteiger partial charge in [-0.15, -0.1) is 11.3 Å². The highest BCUT2D eigenvalue weighted by molar-refractivity contribution is 7.11. The van der Waals surface area contributed by atoms with E-state index in [1.54, 1.807) is 32.3 Å². The molecule has 2 fully saturated rings. The SMILES string of the molecule is CCOC(=O)C1=C(CN2CCOC3CN(CC(C)(C)C(=O)O)C(=O)C32)NC(c2nccs2)=NC1c1ccc(F)c(F)c1Cl. The van der Waals surface area contributed by atoms with E-state index >= 15 is 0 Å². The van der Waals surface area contributed by atoms with Crippen LogP contribution in [0, 0.1) is 17.0 Å². The topological polar surface area (TPSA) is 134 Å². The molecule has 230 valence electrons. The van der Waals surface area contributed by atoms with Crippen LogP contribution in [-0.4, -0.2) is 95.1 Å². The highest BCUT2D eigenvalue weighted by Crippen LogP contribution is 2.39. The van der Waals surface area contributed by atoms with E-state index in [0.717, 1.165) is 6.07 Å². The predicted molar refractivity (Wildman–Crippen MR) is 153 cm³/mol. The second kappa shape index (κ2) is 12.3. The molecule has 3 aliphatic rings. The fourth-order valence-corrected chi connectivity index (χ4v) is 6.26. The van der Waals surface area contributed by atoms with Crippen LogP contribution in [0.3, 0.4) is 0 Å². The molecule has 3 aliphatic heterocycles. The van der Waals surface area contributed by atoms with Crippen molar-refractivity contribution in [2.45, 2.75) is 39.0 Å². The summed E-state index contributed by atoms with van der Waals surface area (Å²) in [4.78, 5) is 51.1. The number of aliphatic carboxylic acids is 1. The molecule has 0 radical (unpaired) electrons. The summed E-state index contributed by atoms with van der Waals surface area (Å²) in [5, 5.41) is 14.5. The largest absolute Gasteiger partial charge is 0.481 e. The van der Waals surface area contributed by atoms with Gasteiger partial charge in [0.15, 0.2) is 22.5 Å². The molecule has 2 saturated heterocycles. The average Bonchev–Trinajstić information content (AvgIpc) is 3.60. The molecule has 11 nitrogen and oxygen atoms in total. The van der Waals surface area contributed by atoms with Gasteiger partial charge in [-0.05, 0) is 26.8 Å². The van der Waals surface area contributed by atoms with Gasteiger partial charge in [0.2, 0.25) is 5.91 Å². The smallest absolute Gasteiger partial charge is 0.338 e. The first-order valence-electron chi connectivity index (χ1n) is 13.6. The number of aromatic nitrogens is 1. The van der Waals surface area contributed by atoms with E-state index in [-0.39, 0.29) is 49.1 Å². The van der Waals surface area contributed by atoms with Crippen LogP contribution in [0.25, 0.3) is 0 Å². The number of esters is 1. The van der Waals surface area contributed by atoms with Gasteiger partial charge in [0.25, 0.3) is 0 Å². The monoisotopic (exact) mass is 637 g/mol. The lowest BCUT2D eigenvalue weighted by Gasteiger charge is -2.37. The number of morpholine rings is 1. The molecule has 0 saturated carbocycles. The number of benzene rings is 1. The van der Waals surface area contributed by atoms with Gasteiger partial charge in [-0.1, -0.05) is 17.7 Å². The third-order valence-electron chi connectivity index (χ3n) is 7.56. The summed E-state index contributed by atoms with van der Waals surface area (Å²) in [6.07, 6.45) is 1.05. The molecule has 2 N–H and O–H groups in total. The average molecular weight is 638 g/mol.